The summed E-state index contributed by atoms with van der Waals surface area (Å²) in [5.74, 6) is 0.732. The first-order chi connectivity index (χ1) is 10.7. The highest BCUT2D eigenvalue weighted by Gasteiger charge is 2.09. The molecule has 3 rings (SSSR count). The zero-order valence-corrected chi connectivity index (χ0v) is 12.5. The van der Waals surface area contributed by atoms with Gasteiger partial charge in [0.15, 0.2) is 0 Å². The van der Waals surface area contributed by atoms with Gasteiger partial charge in [-0.05, 0) is 36.8 Å². The number of H-pyrrole nitrogens is 1. The van der Waals surface area contributed by atoms with E-state index in [0.29, 0.717) is 12.1 Å². The molecule has 0 bridgehead atoms. The molecule has 112 valence electrons. The van der Waals surface area contributed by atoms with Gasteiger partial charge < -0.3 is 14.3 Å². The lowest BCUT2D eigenvalue weighted by Gasteiger charge is -2.08. The molecular weight excluding hydrogens is 278 g/mol. The fourth-order valence-corrected chi connectivity index (χ4v) is 2.38. The van der Waals surface area contributed by atoms with Crippen LogP contribution in [0.3, 0.4) is 0 Å². The maximum atomic E-state index is 12.7. The number of rotatable bonds is 4. The number of aromatic nitrogens is 3. The minimum Gasteiger partial charge on any atom is -0.497 e. The number of imidazole rings is 1. The molecule has 2 aromatic heterocycles. The van der Waals surface area contributed by atoms with Crippen molar-refractivity contribution < 1.29 is 4.74 Å². The van der Waals surface area contributed by atoms with E-state index in [9.17, 15) is 4.79 Å². The minimum atomic E-state index is -0.0434. The average Bonchev–Trinajstić information content (AvgIpc) is 2.94. The Balaban J connectivity index is 2.02. The normalized spacial score (nSPS) is 10.6. The number of hydrogen-bond donors (Lipinski definition) is 1. The van der Waals surface area contributed by atoms with Crippen molar-refractivity contribution in [3.8, 4) is 16.9 Å². The predicted molar refractivity (Wildman–Crippen MR) is 85.1 cm³/mol. The molecule has 1 aromatic carbocycles. The largest absolute Gasteiger partial charge is 0.497 e. The number of methoxy groups -OCH3 is 1. The number of ether oxygens (including phenoxy) is 1. The van der Waals surface area contributed by atoms with Crippen molar-refractivity contribution >= 4 is 0 Å². The first kappa shape index (κ1) is 14.1. The molecule has 5 nitrogen and oxygen atoms in total. The molecule has 0 aliphatic carbocycles. The summed E-state index contributed by atoms with van der Waals surface area (Å²) in [4.78, 5) is 20.0. The lowest BCUT2D eigenvalue weighted by atomic mass is 10.1. The standard InChI is InChI=1S/C17H17N3O2/c1-12-16(19-11-18-12)10-20-8-4-7-15(17(20)21)13-5-3-6-14(9-13)22-2/h3-9,11H,10H2,1-2H3,(H,18,19). The van der Waals surface area contributed by atoms with Crippen molar-refractivity contribution in [3.05, 3.63) is 70.7 Å². The first-order valence-corrected chi connectivity index (χ1v) is 7.02. The fourth-order valence-electron chi connectivity index (χ4n) is 2.38. The molecule has 0 unspecified atom stereocenters. The Morgan fingerprint density at radius 2 is 2.14 bits per heavy atom. The van der Waals surface area contributed by atoms with Gasteiger partial charge in [-0.25, -0.2) is 4.98 Å². The van der Waals surface area contributed by atoms with Crippen molar-refractivity contribution in [2.45, 2.75) is 13.5 Å². The van der Waals surface area contributed by atoms with Crippen LogP contribution in [0, 0.1) is 6.92 Å². The van der Waals surface area contributed by atoms with Gasteiger partial charge in [-0.3, -0.25) is 4.79 Å². The average molecular weight is 295 g/mol. The van der Waals surface area contributed by atoms with Crippen LogP contribution >= 0.6 is 0 Å². The molecule has 0 radical (unpaired) electrons. The zero-order chi connectivity index (χ0) is 15.5. The van der Waals surface area contributed by atoms with Crippen molar-refractivity contribution in [2.75, 3.05) is 7.11 Å². The van der Waals surface area contributed by atoms with Crippen LogP contribution in [0.2, 0.25) is 0 Å². The summed E-state index contributed by atoms with van der Waals surface area (Å²) in [6, 6.07) is 11.2. The number of pyridine rings is 1. The molecule has 0 saturated heterocycles. The van der Waals surface area contributed by atoms with Gasteiger partial charge in [-0.1, -0.05) is 12.1 Å². The van der Waals surface area contributed by atoms with Crippen LogP contribution in [0.15, 0.2) is 53.7 Å². The second kappa shape index (κ2) is 5.89. The van der Waals surface area contributed by atoms with Gasteiger partial charge in [0.25, 0.3) is 5.56 Å². The third kappa shape index (κ3) is 2.65. The summed E-state index contributed by atoms with van der Waals surface area (Å²) in [7, 11) is 1.61. The van der Waals surface area contributed by atoms with E-state index in [-0.39, 0.29) is 5.56 Å². The van der Waals surface area contributed by atoms with Crippen molar-refractivity contribution in [1.29, 1.82) is 0 Å². The van der Waals surface area contributed by atoms with Crippen LogP contribution in [-0.2, 0) is 6.54 Å². The second-order valence-electron chi connectivity index (χ2n) is 5.06. The van der Waals surface area contributed by atoms with Crippen molar-refractivity contribution in [2.24, 2.45) is 0 Å². The molecule has 1 N–H and O–H groups in total. The lowest BCUT2D eigenvalue weighted by Crippen LogP contribution is -2.21. The maximum absolute atomic E-state index is 12.7. The Morgan fingerprint density at radius 1 is 1.27 bits per heavy atom. The van der Waals surface area contributed by atoms with Gasteiger partial charge in [0.1, 0.15) is 5.75 Å². The second-order valence-corrected chi connectivity index (χ2v) is 5.06. The fraction of sp³-hybridized carbons (Fsp3) is 0.176. The highest BCUT2D eigenvalue weighted by molar-refractivity contribution is 5.64. The summed E-state index contributed by atoms with van der Waals surface area (Å²) in [5, 5.41) is 0. The molecule has 22 heavy (non-hydrogen) atoms. The number of nitrogens with one attached hydrogen (secondary N) is 1. The third-order valence-electron chi connectivity index (χ3n) is 3.66. The first-order valence-electron chi connectivity index (χ1n) is 7.02. The third-order valence-corrected chi connectivity index (χ3v) is 3.66. The minimum absolute atomic E-state index is 0.0434. The van der Waals surface area contributed by atoms with Gasteiger partial charge in [0.2, 0.25) is 0 Å². The van der Waals surface area contributed by atoms with Crippen LogP contribution in [0.5, 0.6) is 5.75 Å². The van der Waals surface area contributed by atoms with Crippen LogP contribution in [-0.4, -0.2) is 21.6 Å². The number of benzene rings is 1. The van der Waals surface area contributed by atoms with E-state index >= 15 is 0 Å². The molecule has 0 spiro atoms. The number of nitrogens with zero attached hydrogens (tertiary/aromatic N) is 2. The Morgan fingerprint density at radius 3 is 2.86 bits per heavy atom. The van der Waals surface area contributed by atoms with Gasteiger partial charge in [0.05, 0.1) is 25.7 Å². The molecule has 0 aliphatic rings. The Kier molecular flexibility index (Phi) is 3.78. The molecule has 0 fully saturated rings. The highest BCUT2D eigenvalue weighted by atomic mass is 16.5. The Labute approximate surface area is 128 Å². The molecule has 5 heteroatoms. The van der Waals surface area contributed by atoms with Crippen LogP contribution in [0.1, 0.15) is 11.4 Å². The molecule has 0 amide bonds. The summed E-state index contributed by atoms with van der Waals surface area (Å²) in [6.45, 7) is 2.39. The van der Waals surface area contributed by atoms with E-state index < -0.39 is 0 Å². The Hall–Kier alpha value is -2.82. The molecular formula is C17H17N3O2. The molecule has 3 aromatic rings. The highest BCUT2D eigenvalue weighted by Crippen LogP contribution is 2.21. The van der Waals surface area contributed by atoms with Gasteiger partial charge in [-0.15, -0.1) is 0 Å². The van der Waals surface area contributed by atoms with Gasteiger partial charge in [-0.2, -0.15) is 0 Å². The van der Waals surface area contributed by atoms with Gasteiger partial charge >= 0.3 is 0 Å². The summed E-state index contributed by atoms with van der Waals surface area (Å²) in [6.07, 6.45) is 3.42. The van der Waals surface area contributed by atoms with Crippen molar-refractivity contribution in [1.82, 2.24) is 14.5 Å². The smallest absolute Gasteiger partial charge is 0.258 e. The number of aromatic amines is 1. The van der Waals surface area contributed by atoms with Crippen LogP contribution in [0.25, 0.3) is 11.1 Å². The number of hydrogen-bond acceptors (Lipinski definition) is 3. The molecule has 0 saturated carbocycles. The predicted octanol–water partition coefficient (Wildman–Crippen LogP) is 2.60. The lowest BCUT2D eigenvalue weighted by molar-refractivity contribution is 0.415. The molecule has 2 heterocycles. The molecule has 0 aliphatic heterocycles. The van der Waals surface area contributed by atoms with E-state index in [1.54, 1.807) is 24.2 Å². The molecule has 0 atom stereocenters. The maximum Gasteiger partial charge on any atom is 0.258 e. The quantitative estimate of drug-likeness (QED) is 0.805. The topological polar surface area (TPSA) is 59.9 Å². The monoisotopic (exact) mass is 295 g/mol. The van der Waals surface area contributed by atoms with E-state index in [4.69, 9.17) is 4.74 Å². The van der Waals surface area contributed by atoms with Crippen LogP contribution < -0.4 is 10.3 Å². The van der Waals surface area contributed by atoms with E-state index in [1.165, 1.54) is 0 Å². The summed E-state index contributed by atoms with van der Waals surface area (Å²) >= 11 is 0. The SMILES string of the molecule is COc1cccc(-c2cccn(Cc3nc[nH]c3C)c2=O)c1. The van der Waals surface area contributed by atoms with E-state index in [2.05, 4.69) is 9.97 Å². The number of aryl methyl sites for hydroxylation is 1. The summed E-state index contributed by atoms with van der Waals surface area (Å²) in [5.41, 5.74) is 3.29. The van der Waals surface area contributed by atoms with E-state index in [0.717, 1.165) is 22.7 Å². The van der Waals surface area contributed by atoms with Gasteiger partial charge in [0, 0.05) is 17.5 Å². The summed E-state index contributed by atoms with van der Waals surface area (Å²) < 4.78 is 6.89. The zero-order valence-electron chi connectivity index (χ0n) is 12.5. The van der Waals surface area contributed by atoms with E-state index in [1.807, 2.05) is 43.3 Å². The Bertz CT molecular complexity index is 849. The van der Waals surface area contributed by atoms with Crippen LogP contribution in [0.4, 0.5) is 0 Å². The van der Waals surface area contributed by atoms with Crippen molar-refractivity contribution in [3.63, 3.8) is 0 Å².